The Bertz CT molecular complexity index is 824. The Morgan fingerprint density at radius 3 is 2.77 bits per heavy atom. The molecule has 0 bridgehead atoms. The van der Waals surface area contributed by atoms with Gasteiger partial charge in [-0.25, -0.2) is 14.8 Å². The van der Waals surface area contributed by atoms with Gasteiger partial charge in [0.15, 0.2) is 0 Å². The van der Waals surface area contributed by atoms with Crippen LogP contribution in [0.2, 0.25) is 0 Å². The number of carboxylic acid groups (broad SMARTS) is 1. The van der Waals surface area contributed by atoms with Crippen LogP contribution in [-0.4, -0.2) is 65.6 Å². The van der Waals surface area contributed by atoms with Gasteiger partial charge in [0.2, 0.25) is 5.95 Å². The van der Waals surface area contributed by atoms with Gasteiger partial charge in [-0.3, -0.25) is 4.79 Å². The SMILES string of the molecule is CN(C)c1nccc(C2CN(C(=O)c3cccc(C(=O)O)c3)CCO2)n1. The maximum Gasteiger partial charge on any atom is 0.335 e. The molecule has 0 spiro atoms. The normalized spacial score (nSPS) is 17.0. The average molecular weight is 356 g/mol. The lowest BCUT2D eigenvalue weighted by Crippen LogP contribution is -2.42. The fraction of sp³-hybridized carbons (Fsp3) is 0.333. The maximum atomic E-state index is 12.8. The topological polar surface area (TPSA) is 95.9 Å². The number of carbonyl (C=O) groups is 2. The number of hydrogen-bond donors (Lipinski definition) is 1. The molecule has 26 heavy (non-hydrogen) atoms. The van der Waals surface area contributed by atoms with Crippen molar-refractivity contribution in [1.82, 2.24) is 14.9 Å². The Balaban J connectivity index is 1.78. The predicted molar refractivity (Wildman–Crippen MR) is 94.4 cm³/mol. The number of carboxylic acids is 1. The van der Waals surface area contributed by atoms with Gasteiger partial charge in [-0.15, -0.1) is 0 Å². The second kappa shape index (κ2) is 7.49. The van der Waals surface area contributed by atoms with Gasteiger partial charge < -0.3 is 19.6 Å². The van der Waals surface area contributed by atoms with Crippen LogP contribution in [0.4, 0.5) is 5.95 Å². The van der Waals surface area contributed by atoms with Crippen molar-refractivity contribution in [3.05, 3.63) is 53.3 Å². The minimum atomic E-state index is -1.06. The highest BCUT2D eigenvalue weighted by Crippen LogP contribution is 2.23. The van der Waals surface area contributed by atoms with E-state index in [0.717, 1.165) is 0 Å². The molecule has 1 atom stereocenters. The number of amides is 1. The quantitative estimate of drug-likeness (QED) is 0.886. The molecule has 8 heteroatoms. The molecule has 3 rings (SSSR count). The van der Waals surface area contributed by atoms with E-state index >= 15 is 0 Å². The molecular weight excluding hydrogens is 336 g/mol. The molecule has 2 aromatic rings. The molecule has 0 aliphatic carbocycles. The minimum absolute atomic E-state index is 0.0899. The van der Waals surface area contributed by atoms with E-state index in [4.69, 9.17) is 9.84 Å². The van der Waals surface area contributed by atoms with Crippen molar-refractivity contribution in [2.45, 2.75) is 6.10 Å². The lowest BCUT2D eigenvalue weighted by Gasteiger charge is -2.33. The van der Waals surface area contributed by atoms with Gasteiger partial charge >= 0.3 is 5.97 Å². The van der Waals surface area contributed by atoms with E-state index in [1.165, 1.54) is 12.1 Å². The van der Waals surface area contributed by atoms with Gasteiger partial charge in [-0.1, -0.05) is 6.07 Å². The Hall–Kier alpha value is -3.00. The van der Waals surface area contributed by atoms with Gasteiger partial charge in [-0.2, -0.15) is 0 Å². The summed E-state index contributed by atoms with van der Waals surface area (Å²) in [5.74, 6) is -0.705. The highest BCUT2D eigenvalue weighted by atomic mass is 16.5. The summed E-state index contributed by atoms with van der Waals surface area (Å²) in [4.78, 5) is 36.0. The third-order valence-electron chi connectivity index (χ3n) is 4.10. The summed E-state index contributed by atoms with van der Waals surface area (Å²) in [6.45, 7) is 1.18. The molecule has 1 aromatic carbocycles. The highest BCUT2D eigenvalue weighted by molar-refractivity contribution is 5.97. The van der Waals surface area contributed by atoms with Crippen LogP contribution in [0.5, 0.6) is 0 Å². The van der Waals surface area contributed by atoms with Crippen LogP contribution < -0.4 is 4.90 Å². The van der Waals surface area contributed by atoms with E-state index in [1.807, 2.05) is 14.1 Å². The summed E-state index contributed by atoms with van der Waals surface area (Å²) in [6, 6.07) is 7.82. The number of aromatic nitrogens is 2. The van der Waals surface area contributed by atoms with Crippen molar-refractivity contribution in [1.29, 1.82) is 0 Å². The van der Waals surface area contributed by atoms with Gasteiger partial charge in [0.05, 0.1) is 24.4 Å². The standard InChI is InChI=1S/C18H20N4O4/c1-21(2)18-19-7-6-14(20-18)15-11-22(8-9-26-15)16(23)12-4-3-5-13(10-12)17(24)25/h3-7,10,15H,8-9,11H2,1-2H3,(H,24,25). The summed E-state index contributed by atoms with van der Waals surface area (Å²) < 4.78 is 5.78. The number of carbonyl (C=O) groups excluding carboxylic acids is 1. The third-order valence-corrected chi connectivity index (χ3v) is 4.10. The first kappa shape index (κ1) is 17.8. The first-order valence-electron chi connectivity index (χ1n) is 8.20. The van der Waals surface area contributed by atoms with E-state index in [9.17, 15) is 9.59 Å². The molecular formula is C18H20N4O4. The fourth-order valence-corrected chi connectivity index (χ4v) is 2.74. The number of ether oxygens (including phenoxy) is 1. The summed E-state index contributed by atoms with van der Waals surface area (Å²) in [5, 5.41) is 9.10. The lowest BCUT2D eigenvalue weighted by atomic mass is 10.1. The second-order valence-corrected chi connectivity index (χ2v) is 6.17. The molecule has 1 fully saturated rings. The second-order valence-electron chi connectivity index (χ2n) is 6.17. The molecule has 0 radical (unpaired) electrons. The molecule has 1 aliphatic rings. The van der Waals surface area contributed by atoms with Gasteiger partial charge in [0, 0.05) is 32.4 Å². The van der Waals surface area contributed by atoms with Crippen LogP contribution in [0.1, 0.15) is 32.5 Å². The van der Waals surface area contributed by atoms with Crippen LogP contribution in [0.3, 0.4) is 0 Å². The van der Waals surface area contributed by atoms with Crippen LogP contribution in [-0.2, 0) is 4.74 Å². The number of anilines is 1. The largest absolute Gasteiger partial charge is 0.478 e. The zero-order chi connectivity index (χ0) is 18.7. The van der Waals surface area contributed by atoms with Gasteiger partial charge in [0.25, 0.3) is 5.91 Å². The lowest BCUT2D eigenvalue weighted by molar-refractivity contribution is -0.0247. The van der Waals surface area contributed by atoms with E-state index in [1.54, 1.807) is 34.2 Å². The number of aromatic carboxylic acids is 1. The Kier molecular flexibility index (Phi) is 5.13. The van der Waals surface area contributed by atoms with E-state index < -0.39 is 5.97 Å². The first-order valence-corrected chi connectivity index (χ1v) is 8.20. The molecule has 1 aromatic heterocycles. The van der Waals surface area contributed by atoms with Crippen LogP contribution in [0.15, 0.2) is 36.5 Å². The smallest absolute Gasteiger partial charge is 0.335 e. The van der Waals surface area contributed by atoms with Gasteiger partial charge in [-0.05, 0) is 24.3 Å². The molecule has 0 saturated carbocycles. The molecule has 1 aliphatic heterocycles. The average Bonchev–Trinajstić information content (AvgIpc) is 2.67. The summed E-state index contributed by atoms with van der Waals surface area (Å²) >= 11 is 0. The first-order chi connectivity index (χ1) is 12.5. The summed E-state index contributed by atoms with van der Waals surface area (Å²) in [6.07, 6.45) is 1.31. The summed E-state index contributed by atoms with van der Waals surface area (Å²) in [7, 11) is 3.71. The van der Waals surface area contributed by atoms with E-state index in [2.05, 4.69) is 9.97 Å². The van der Waals surface area contributed by atoms with Crippen LogP contribution in [0, 0.1) is 0 Å². The van der Waals surface area contributed by atoms with Crippen molar-refractivity contribution in [3.8, 4) is 0 Å². The van der Waals surface area contributed by atoms with Crippen molar-refractivity contribution < 1.29 is 19.4 Å². The monoisotopic (exact) mass is 356 g/mol. The molecule has 1 saturated heterocycles. The zero-order valence-electron chi connectivity index (χ0n) is 14.6. The number of rotatable bonds is 4. The molecule has 1 amide bonds. The number of morpholine rings is 1. The third kappa shape index (κ3) is 3.80. The van der Waals surface area contributed by atoms with Crippen LogP contribution in [0.25, 0.3) is 0 Å². The highest BCUT2D eigenvalue weighted by Gasteiger charge is 2.27. The summed E-state index contributed by atoms with van der Waals surface area (Å²) in [5.41, 5.74) is 1.15. The Labute approximate surface area is 151 Å². The van der Waals surface area contributed by atoms with Crippen molar-refractivity contribution in [3.63, 3.8) is 0 Å². The molecule has 8 nitrogen and oxygen atoms in total. The van der Waals surface area contributed by atoms with Crippen LogP contribution >= 0.6 is 0 Å². The van der Waals surface area contributed by atoms with Crippen molar-refractivity contribution >= 4 is 17.8 Å². The molecule has 1 N–H and O–H groups in total. The minimum Gasteiger partial charge on any atom is -0.478 e. The van der Waals surface area contributed by atoms with Gasteiger partial charge in [0.1, 0.15) is 6.10 Å². The van der Waals surface area contributed by atoms with E-state index in [-0.39, 0.29) is 17.6 Å². The van der Waals surface area contributed by atoms with E-state index in [0.29, 0.717) is 36.9 Å². The predicted octanol–water partition coefficient (Wildman–Crippen LogP) is 1.45. The number of nitrogens with zero attached hydrogens (tertiary/aromatic N) is 4. The van der Waals surface area contributed by atoms with Crippen molar-refractivity contribution in [2.75, 3.05) is 38.7 Å². The molecule has 1 unspecified atom stereocenters. The fourth-order valence-electron chi connectivity index (χ4n) is 2.74. The molecule has 2 heterocycles. The maximum absolute atomic E-state index is 12.8. The number of benzene rings is 1. The Morgan fingerprint density at radius 2 is 2.04 bits per heavy atom. The molecule has 136 valence electrons. The zero-order valence-corrected chi connectivity index (χ0v) is 14.6. The van der Waals surface area contributed by atoms with Crippen molar-refractivity contribution in [2.24, 2.45) is 0 Å². The Morgan fingerprint density at radius 1 is 1.27 bits per heavy atom. The number of hydrogen-bond acceptors (Lipinski definition) is 6.